The molecule has 0 aliphatic rings. The third-order valence-electron chi connectivity index (χ3n) is 4.34. The number of thiophene rings is 1. The maximum atomic E-state index is 13.7. The molecule has 1 aromatic carbocycles. The quantitative estimate of drug-likeness (QED) is 0.586. The number of hydrogen-bond donors (Lipinski definition) is 2. The van der Waals surface area contributed by atoms with Gasteiger partial charge in [0.25, 0.3) is 0 Å². The molecule has 1 atom stereocenters. The van der Waals surface area contributed by atoms with Gasteiger partial charge < -0.3 is 10.2 Å². The largest absolute Gasteiger partial charge is 0.336 e. The summed E-state index contributed by atoms with van der Waals surface area (Å²) in [6, 6.07) is 9.13. The Labute approximate surface area is 172 Å². The van der Waals surface area contributed by atoms with E-state index in [2.05, 4.69) is 26.6 Å². The highest BCUT2D eigenvalue weighted by Gasteiger charge is 2.16. The molecule has 0 saturated carbocycles. The van der Waals surface area contributed by atoms with Gasteiger partial charge >= 0.3 is 6.03 Å². The zero-order valence-electron chi connectivity index (χ0n) is 16.0. The molecule has 5 nitrogen and oxygen atoms in total. The molecule has 2 heterocycles. The molecule has 0 fully saturated rings. The molecule has 1 unspecified atom stereocenters. The molecule has 2 N–H and O–H groups in total. The van der Waals surface area contributed by atoms with Crippen molar-refractivity contribution in [3.63, 3.8) is 0 Å². The number of benzene rings is 1. The molecule has 0 aliphatic carbocycles. The first-order valence-electron chi connectivity index (χ1n) is 8.87. The summed E-state index contributed by atoms with van der Waals surface area (Å²) in [6.07, 6.45) is 2.30. The maximum Gasteiger partial charge on any atom is 0.321 e. The second kappa shape index (κ2) is 9.27. The molecular formula is C20H23FN4OS2. The van der Waals surface area contributed by atoms with Crippen molar-refractivity contribution in [3.05, 3.63) is 68.6 Å². The monoisotopic (exact) mass is 418 g/mol. The van der Waals surface area contributed by atoms with E-state index in [0.29, 0.717) is 23.7 Å². The molecule has 3 aromatic rings. The number of amides is 2. The van der Waals surface area contributed by atoms with Crippen LogP contribution in [0.25, 0.3) is 0 Å². The third kappa shape index (κ3) is 5.37. The summed E-state index contributed by atoms with van der Waals surface area (Å²) in [6.45, 7) is 2.24. The normalized spacial score (nSPS) is 12.2. The van der Waals surface area contributed by atoms with Crippen LogP contribution in [0, 0.1) is 12.7 Å². The molecular weight excluding hydrogens is 395 g/mol. The van der Waals surface area contributed by atoms with E-state index in [4.69, 9.17) is 0 Å². The van der Waals surface area contributed by atoms with E-state index in [0.717, 1.165) is 10.4 Å². The number of nitrogens with zero attached hydrogens (tertiary/aromatic N) is 2. The summed E-state index contributed by atoms with van der Waals surface area (Å²) in [5, 5.41) is 8.24. The lowest BCUT2D eigenvalue weighted by molar-refractivity contribution is 0.244. The second-order valence-electron chi connectivity index (χ2n) is 6.72. The van der Waals surface area contributed by atoms with Crippen LogP contribution in [0.3, 0.4) is 0 Å². The molecule has 8 heteroatoms. The number of urea groups is 1. The van der Waals surface area contributed by atoms with Gasteiger partial charge in [0.05, 0.1) is 6.04 Å². The van der Waals surface area contributed by atoms with E-state index in [1.54, 1.807) is 36.6 Å². The van der Waals surface area contributed by atoms with Crippen molar-refractivity contribution < 1.29 is 9.18 Å². The Morgan fingerprint density at radius 2 is 2.14 bits per heavy atom. The predicted octanol–water partition coefficient (Wildman–Crippen LogP) is 4.67. The highest BCUT2D eigenvalue weighted by atomic mass is 32.1. The Bertz CT molecular complexity index is 924. The molecule has 0 radical (unpaired) electrons. The van der Waals surface area contributed by atoms with Crippen LogP contribution < -0.4 is 10.6 Å². The molecule has 28 heavy (non-hydrogen) atoms. The van der Waals surface area contributed by atoms with E-state index in [-0.39, 0.29) is 17.9 Å². The fourth-order valence-corrected chi connectivity index (χ4v) is 4.51. The van der Waals surface area contributed by atoms with Gasteiger partial charge in [0, 0.05) is 28.9 Å². The Hall–Kier alpha value is -2.29. The van der Waals surface area contributed by atoms with E-state index < -0.39 is 0 Å². The van der Waals surface area contributed by atoms with Crippen LogP contribution >= 0.6 is 22.7 Å². The van der Waals surface area contributed by atoms with Crippen molar-refractivity contribution in [1.82, 2.24) is 15.2 Å². The number of anilines is 1. The summed E-state index contributed by atoms with van der Waals surface area (Å²) in [5.74, 6) is -0.207. The zero-order valence-corrected chi connectivity index (χ0v) is 17.7. The van der Waals surface area contributed by atoms with Crippen LogP contribution in [0.2, 0.25) is 0 Å². The SMILES string of the molecule is Cc1ccc(Cc2cnc(NC(=O)NCC(c3cccs3)N(C)C)s2)cc1F. The predicted molar refractivity (Wildman–Crippen MR) is 114 cm³/mol. The first-order valence-corrected chi connectivity index (χ1v) is 10.6. The average Bonchev–Trinajstić information content (AvgIpc) is 3.31. The summed E-state index contributed by atoms with van der Waals surface area (Å²) >= 11 is 3.06. The van der Waals surface area contributed by atoms with Crippen molar-refractivity contribution in [3.8, 4) is 0 Å². The summed E-state index contributed by atoms with van der Waals surface area (Å²) in [7, 11) is 3.98. The van der Waals surface area contributed by atoms with Gasteiger partial charge in [-0.3, -0.25) is 5.32 Å². The van der Waals surface area contributed by atoms with Crippen molar-refractivity contribution >= 4 is 33.8 Å². The molecule has 2 aromatic heterocycles. The molecule has 0 aliphatic heterocycles. The number of carbonyl (C=O) groups is 1. The lowest BCUT2D eigenvalue weighted by atomic mass is 10.1. The van der Waals surface area contributed by atoms with Gasteiger partial charge in [-0.2, -0.15) is 0 Å². The van der Waals surface area contributed by atoms with Crippen molar-refractivity contribution in [2.75, 3.05) is 26.0 Å². The standard InChI is InChI=1S/C20H23FN4OS2/c1-13-6-7-14(10-16(13)21)9-15-11-23-20(28-15)24-19(26)22-12-17(25(2)3)18-5-4-8-27-18/h4-8,10-11,17H,9,12H2,1-3H3,(H2,22,23,24,26). The van der Waals surface area contributed by atoms with Crippen LogP contribution in [0.15, 0.2) is 41.9 Å². The minimum atomic E-state index is -0.286. The molecule has 0 spiro atoms. The number of halogens is 1. The van der Waals surface area contributed by atoms with Crippen LogP contribution in [-0.2, 0) is 6.42 Å². The molecule has 148 valence electrons. The third-order valence-corrected chi connectivity index (χ3v) is 6.23. The number of carbonyl (C=O) groups excluding carboxylic acids is 1. The second-order valence-corrected chi connectivity index (χ2v) is 8.82. The summed E-state index contributed by atoms with van der Waals surface area (Å²) in [5.41, 5.74) is 1.51. The van der Waals surface area contributed by atoms with Gasteiger partial charge in [-0.15, -0.1) is 22.7 Å². The summed E-state index contributed by atoms with van der Waals surface area (Å²) in [4.78, 5) is 20.7. The van der Waals surface area contributed by atoms with Gasteiger partial charge in [0.1, 0.15) is 5.82 Å². The fraction of sp³-hybridized carbons (Fsp3) is 0.300. The molecule has 0 saturated heterocycles. The maximum absolute atomic E-state index is 13.7. The van der Waals surface area contributed by atoms with Crippen LogP contribution in [0.1, 0.15) is 26.9 Å². The van der Waals surface area contributed by atoms with Gasteiger partial charge in [-0.1, -0.05) is 18.2 Å². The number of rotatable bonds is 7. The van der Waals surface area contributed by atoms with Gasteiger partial charge in [0.2, 0.25) is 0 Å². The van der Waals surface area contributed by atoms with E-state index in [1.165, 1.54) is 16.2 Å². The zero-order chi connectivity index (χ0) is 20.1. The highest BCUT2D eigenvalue weighted by molar-refractivity contribution is 7.15. The van der Waals surface area contributed by atoms with E-state index >= 15 is 0 Å². The number of thiazole rings is 1. The number of aryl methyl sites for hydroxylation is 1. The summed E-state index contributed by atoms with van der Waals surface area (Å²) < 4.78 is 13.7. The lowest BCUT2D eigenvalue weighted by Crippen LogP contribution is -2.36. The Kier molecular flexibility index (Phi) is 6.77. The van der Waals surface area contributed by atoms with Crippen LogP contribution in [-0.4, -0.2) is 36.6 Å². The smallest absolute Gasteiger partial charge is 0.321 e. The number of aromatic nitrogens is 1. The Balaban J connectivity index is 1.54. The molecule has 3 rings (SSSR count). The first-order chi connectivity index (χ1) is 13.4. The fourth-order valence-electron chi connectivity index (χ4n) is 2.74. The Morgan fingerprint density at radius 1 is 1.32 bits per heavy atom. The Morgan fingerprint density at radius 3 is 2.82 bits per heavy atom. The lowest BCUT2D eigenvalue weighted by Gasteiger charge is -2.23. The van der Waals surface area contributed by atoms with Crippen LogP contribution in [0.4, 0.5) is 14.3 Å². The van der Waals surface area contributed by atoms with Gasteiger partial charge in [-0.25, -0.2) is 14.2 Å². The average molecular weight is 419 g/mol. The van der Waals surface area contributed by atoms with Crippen LogP contribution in [0.5, 0.6) is 0 Å². The van der Waals surface area contributed by atoms with Crippen molar-refractivity contribution in [1.29, 1.82) is 0 Å². The molecule has 0 bridgehead atoms. The van der Waals surface area contributed by atoms with Crippen molar-refractivity contribution in [2.24, 2.45) is 0 Å². The topological polar surface area (TPSA) is 57.3 Å². The van der Waals surface area contributed by atoms with E-state index in [9.17, 15) is 9.18 Å². The minimum absolute atomic E-state index is 0.119. The van der Waals surface area contributed by atoms with Gasteiger partial charge in [-0.05, 0) is 49.7 Å². The van der Waals surface area contributed by atoms with Gasteiger partial charge in [0.15, 0.2) is 5.13 Å². The minimum Gasteiger partial charge on any atom is -0.336 e. The first kappa shape index (κ1) is 20.4. The molecule has 2 amide bonds. The number of hydrogen-bond acceptors (Lipinski definition) is 5. The van der Waals surface area contributed by atoms with E-state index in [1.807, 2.05) is 31.6 Å². The number of nitrogens with one attached hydrogen (secondary N) is 2. The van der Waals surface area contributed by atoms with Crippen molar-refractivity contribution in [2.45, 2.75) is 19.4 Å². The highest BCUT2D eigenvalue weighted by Crippen LogP contribution is 2.23. The number of likely N-dealkylation sites (N-methyl/N-ethyl adjacent to an activating group) is 1.